The quantitative estimate of drug-likeness (QED) is 0.373. The number of hydrogen-bond acceptors (Lipinski definition) is 7. The van der Waals surface area contributed by atoms with E-state index in [1.165, 1.54) is 28.2 Å². The first kappa shape index (κ1) is 21.9. The number of nitrogens with one attached hydrogen (secondary N) is 3. The number of nitrogens with zero attached hydrogens (tertiary/aromatic N) is 5. The largest absolute Gasteiger partial charge is 0.273 e. The molecular formula is C23H20N8O4. The first-order valence-corrected chi connectivity index (χ1v) is 10.8. The maximum Gasteiger partial charge on any atom is 0.269 e. The van der Waals surface area contributed by atoms with Gasteiger partial charge in [0.25, 0.3) is 11.8 Å². The van der Waals surface area contributed by atoms with Crippen LogP contribution in [0.25, 0.3) is 5.69 Å². The number of hydrogen-bond donors (Lipinski definition) is 3. The fourth-order valence-corrected chi connectivity index (χ4v) is 4.07. The minimum absolute atomic E-state index is 0.199. The van der Waals surface area contributed by atoms with Crippen molar-refractivity contribution in [2.45, 2.75) is 12.8 Å². The molecule has 12 heteroatoms. The fourth-order valence-electron chi connectivity index (χ4n) is 4.07. The Labute approximate surface area is 198 Å². The maximum atomic E-state index is 13.0. The summed E-state index contributed by atoms with van der Waals surface area (Å²) in [4.78, 5) is 50.5. The number of aromatic nitrogens is 4. The lowest BCUT2D eigenvalue weighted by Crippen LogP contribution is -2.59. The van der Waals surface area contributed by atoms with Gasteiger partial charge in [-0.3, -0.25) is 35.5 Å². The third kappa shape index (κ3) is 4.36. The average molecular weight is 472 g/mol. The van der Waals surface area contributed by atoms with Gasteiger partial charge < -0.3 is 0 Å². The predicted octanol–water partition coefficient (Wildman–Crippen LogP) is 0.697. The van der Waals surface area contributed by atoms with Crippen LogP contribution in [0.1, 0.15) is 33.6 Å². The van der Waals surface area contributed by atoms with E-state index in [0.717, 1.165) is 0 Å². The standard InChI is InChI=1S/C23H20N8O4/c32-20(14-8-10-16(11-9-14)30-13-24-28-29-30)25-26-21(33)15-4-3-5-17(12-15)31-23(35)19-7-2-1-6-18(19)22(34)27-31/h1-5,8-13,18-19H,6-7H2,(H,25,32)(H,26,33)(H,27,34). The van der Waals surface area contributed by atoms with E-state index in [1.807, 2.05) is 12.2 Å². The molecule has 2 aromatic carbocycles. The van der Waals surface area contributed by atoms with Gasteiger partial charge in [-0.2, -0.15) is 0 Å². The van der Waals surface area contributed by atoms with Gasteiger partial charge in [-0.25, -0.2) is 9.69 Å². The number of hydrazine groups is 2. The topological polar surface area (TPSA) is 151 Å². The van der Waals surface area contributed by atoms with Crippen molar-refractivity contribution in [1.82, 2.24) is 36.5 Å². The summed E-state index contributed by atoms with van der Waals surface area (Å²) < 4.78 is 1.44. The lowest BCUT2D eigenvalue weighted by Gasteiger charge is -2.38. The van der Waals surface area contributed by atoms with Crippen LogP contribution in [0.3, 0.4) is 0 Å². The summed E-state index contributed by atoms with van der Waals surface area (Å²) in [6.07, 6.45) is 6.26. The van der Waals surface area contributed by atoms with E-state index in [9.17, 15) is 19.2 Å². The van der Waals surface area contributed by atoms with E-state index in [4.69, 9.17) is 0 Å². The molecule has 1 aromatic heterocycles. The lowest BCUT2D eigenvalue weighted by molar-refractivity contribution is -0.139. The van der Waals surface area contributed by atoms with Crippen molar-refractivity contribution < 1.29 is 19.2 Å². The third-order valence-corrected chi connectivity index (χ3v) is 5.93. The Kier molecular flexibility index (Phi) is 5.75. The summed E-state index contributed by atoms with van der Waals surface area (Å²) in [6.45, 7) is 0. The number of anilines is 1. The minimum Gasteiger partial charge on any atom is -0.273 e. The molecule has 3 N–H and O–H groups in total. The number of benzene rings is 2. The highest BCUT2D eigenvalue weighted by atomic mass is 16.2. The van der Waals surface area contributed by atoms with Gasteiger partial charge in [0.05, 0.1) is 23.2 Å². The first-order valence-electron chi connectivity index (χ1n) is 10.8. The summed E-state index contributed by atoms with van der Waals surface area (Å²) in [5.41, 5.74) is 8.88. The van der Waals surface area contributed by atoms with Crippen molar-refractivity contribution in [3.8, 4) is 5.69 Å². The Bertz CT molecular complexity index is 1320. The van der Waals surface area contributed by atoms with E-state index in [1.54, 1.807) is 36.4 Å². The van der Waals surface area contributed by atoms with E-state index < -0.39 is 17.7 Å². The fraction of sp³-hybridized carbons (Fsp3) is 0.174. The molecule has 0 bridgehead atoms. The molecule has 35 heavy (non-hydrogen) atoms. The minimum atomic E-state index is -0.584. The van der Waals surface area contributed by atoms with Crippen LogP contribution < -0.4 is 21.3 Å². The molecule has 5 rings (SSSR count). The number of carbonyl (C=O) groups excluding carboxylic acids is 4. The Morgan fingerprint density at radius 1 is 0.886 bits per heavy atom. The smallest absolute Gasteiger partial charge is 0.269 e. The van der Waals surface area contributed by atoms with Crippen molar-refractivity contribution >= 4 is 29.3 Å². The summed E-state index contributed by atoms with van der Waals surface area (Å²) in [6, 6.07) is 12.7. The second-order valence-corrected chi connectivity index (χ2v) is 8.07. The van der Waals surface area contributed by atoms with E-state index in [2.05, 4.69) is 31.8 Å². The monoisotopic (exact) mass is 472 g/mol. The van der Waals surface area contributed by atoms with Crippen LogP contribution in [0.2, 0.25) is 0 Å². The summed E-state index contributed by atoms with van der Waals surface area (Å²) in [5.74, 6) is -2.38. The van der Waals surface area contributed by atoms with E-state index in [-0.39, 0.29) is 23.3 Å². The maximum absolute atomic E-state index is 13.0. The molecule has 1 aliphatic carbocycles. The van der Waals surface area contributed by atoms with Crippen molar-refractivity contribution in [2.24, 2.45) is 11.8 Å². The predicted molar refractivity (Wildman–Crippen MR) is 122 cm³/mol. The summed E-state index contributed by atoms with van der Waals surface area (Å²) in [7, 11) is 0. The van der Waals surface area contributed by atoms with Gasteiger partial charge in [0.2, 0.25) is 11.8 Å². The molecule has 12 nitrogen and oxygen atoms in total. The van der Waals surface area contributed by atoms with E-state index in [0.29, 0.717) is 29.8 Å². The number of amides is 4. The molecular weight excluding hydrogens is 452 g/mol. The van der Waals surface area contributed by atoms with Crippen molar-refractivity contribution in [1.29, 1.82) is 0 Å². The van der Waals surface area contributed by atoms with Crippen LogP contribution in [0.15, 0.2) is 67.0 Å². The van der Waals surface area contributed by atoms with Crippen LogP contribution in [-0.2, 0) is 9.59 Å². The van der Waals surface area contributed by atoms with Gasteiger partial charge in [-0.15, -0.1) is 5.10 Å². The van der Waals surface area contributed by atoms with Crippen LogP contribution in [0.5, 0.6) is 0 Å². The number of allylic oxidation sites excluding steroid dienone is 2. The molecule has 176 valence electrons. The number of tetrazole rings is 1. The highest BCUT2D eigenvalue weighted by Gasteiger charge is 2.42. The van der Waals surface area contributed by atoms with Gasteiger partial charge in [-0.05, 0) is 65.7 Å². The van der Waals surface area contributed by atoms with Crippen LogP contribution in [0, 0.1) is 11.8 Å². The van der Waals surface area contributed by atoms with Gasteiger partial charge in [-0.1, -0.05) is 18.2 Å². The Morgan fingerprint density at radius 3 is 2.31 bits per heavy atom. The van der Waals surface area contributed by atoms with Gasteiger partial charge in [0.15, 0.2) is 0 Å². The van der Waals surface area contributed by atoms with Gasteiger partial charge >= 0.3 is 0 Å². The Morgan fingerprint density at radius 2 is 1.60 bits per heavy atom. The number of fused-ring (bicyclic) bond motifs is 1. The lowest BCUT2D eigenvalue weighted by atomic mass is 9.80. The second kappa shape index (κ2) is 9.17. The molecule has 2 aliphatic rings. The summed E-state index contributed by atoms with van der Waals surface area (Å²) in [5, 5.41) is 12.1. The molecule has 2 unspecified atom stereocenters. The molecule has 1 aliphatic heterocycles. The molecule has 0 radical (unpaired) electrons. The average Bonchev–Trinajstić information content (AvgIpc) is 3.44. The van der Waals surface area contributed by atoms with Crippen LogP contribution >= 0.6 is 0 Å². The number of carbonyl (C=O) groups is 4. The molecule has 0 spiro atoms. The molecule has 3 aromatic rings. The van der Waals surface area contributed by atoms with Crippen LogP contribution in [0.4, 0.5) is 5.69 Å². The SMILES string of the molecule is O=C(NNC(=O)c1cccc(N2NC(=O)C3CC=CCC3C2=O)c1)c1ccc(-n2cnnn2)cc1. The molecule has 1 saturated heterocycles. The summed E-state index contributed by atoms with van der Waals surface area (Å²) >= 11 is 0. The molecule has 4 amide bonds. The Balaban J connectivity index is 1.24. The molecule has 2 atom stereocenters. The first-order chi connectivity index (χ1) is 17.0. The highest BCUT2D eigenvalue weighted by molar-refractivity contribution is 6.05. The molecule has 0 saturated carbocycles. The number of rotatable bonds is 4. The van der Waals surface area contributed by atoms with Crippen molar-refractivity contribution in [3.63, 3.8) is 0 Å². The van der Waals surface area contributed by atoms with Crippen molar-refractivity contribution in [2.75, 3.05) is 5.01 Å². The third-order valence-electron chi connectivity index (χ3n) is 5.93. The zero-order valence-electron chi connectivity index (χ0n) is 18.3. The second-order valence-electron chi connectivity index (χ2n) is 8.07. The van der Waals surface area contributed by atoms with E-state index >= 15 is 0 Å². The van der Waals surface area contributed by atoms with Gasteiger partial charge in [0.1, 0.15) is 6.33 Å². The normalized spacial score (nSPS) is 19.0. The zero-order valence-corrected chi connectivity index (χ0v) is 18.3. The Hall–Kier alpha value is -4.87. The molecule has 1 fully saturated rings. The zero-order chi connectivity index (χ0) is 24.4. The van der Waals surface area contributed by atoms with Gasteiger partial charge in [0, 0.05) is 11.1 Å². The van der Waals surface area contributed by atoms with Crippen LogP contribution in [-0.4, -0.2) is 43.8 Å². The molecule has 2 heterocycles. The highest BCUT2D eigenvalue weighted by Crippen LogP contribution is 2.32. The van der Waals surface area contributed by atoms with Crippen molar-refractivity contribution in [3.05, 3.63) is 78.1 Å².